The Hall–Kier alpha value is -2.07. The highest BCUT2D eigenvalue weighted by atomic mass is 32.2. The molecule has 1 aliphatic rings. The molecule has 2 aromatic heterocycles. The average molecular weight is 420 g/mol. The summed E-state index contributed by atoms with van der Waals surface area (Å²) in [5, 5.41) is 5.12. The van der Waals surface area contributed by atoms with E-state index in [9.17, 15) is 13.2 Å². The van der Waals surface area contributed by atoms with Gasteiger partial charge in [-0.2, -0.15) is 4.31 Å². The van der Waals surface area contributed by atoms with Crippen LogP contribution in [0.4, 0.5) is 5.13 Å². The van der Waals surface area contributed by atoms with Gasteiger partial charge in [-0.3, -0.25) is 10.1 Å². The summed E-state index contributed by atoms with van der Waals surface area (Å²) in [6, 6.07) is 8.75. The number of carbonyl (C=O) groups excluding carboxylic acids is 1. The maximum absolute atomic E-state index is 12.7. The van der Waals surface area contributed by atoms with Gasteiger partial charge >= 0.3 is 0 Å². The number of hydrogen-bond acceptors (Lipinski definition) is 6. The highest BCUT2D eigenvalue weighted by Crippen LogP contribution is 2.30. The molecular weight excluding hydrogens is 402 g/mol. The predicted octanol–water partition coefficient (Wildman–Crippen LogP) is 3.79. The zero-order valence-corrected chi connectivity index (χ0v) is 16.7. The van der Waals surface area contributed by atoms with Crippen LogP contribution in [0.5, 0.6) is 0 Å². The van der Waals surface area contributed by atoms with Crippen molar-refractivity contribution in [1.82, 2.24) is 9.29 Å². The third-order valence-corrected chi connectivity index (χ3v) is 7.90. The Kier molecular flexibility index (Phi) is 5.09. The molecule has 6 nitrogen and oxygen atoms in total. The van der Waals surface area contributed by atoms with E-state index in [4.69, 9.17) is 0 Å². The summed E-state index contributed by atoms with van der Waals surface area (Å²) in [5.41, 5.74) is 0.665. The summed E-state index contributed by atoms with van der Waals surface area (Å²) in [6.45, 7) is 1.14. The molecule has 0 saturated carbocycles. The molecule has 3 heterocycles. The van der Waals surface area contributed by atoms with Crippen LogP contribution >= 0.6 is 22.7 Å². The molecule has 1 amide bonds. The van der Waals surface area contributed by atoms with Crippen LogP contribution in [0.3, 0.4) is 0 Å². The van der Waals surface area contributed by atoms with Crippen molar-refractivity contribution in [2.45, 2.75) is 17.7 Å². The van der Waals surface area contributed by atoms with Crippen LogP contribution in [0.25, 0.3) is 16.3 Å². The van der Waals surface area contributed by atoms with Crippen molar-refractivity contribution < 1.29 is 13.2 Å². The topological polar surface area (TPSA) is 79.4 Å². The van der Waals surface area contributed by atoms with Gasteiger partial charge in [0.1, 0.15) is 0 Å². The Labute approximate surface area is 165 Å². The number of rotatable bonds is 5. The van der Waals surface area contributed by atoms with E-state index < -0.39 is 10.0 Å². The molecule has 1 aromatic carbocycles. The van der Waals surface area contributed by atoms with E-state index in [1.54, 1.807) is 35.6 Å². The molecule has 140 valence electrons. The number of nitrogens with zero attached hydrogens (tertiary/aromatic N) is 2. The number of hydrogen-bond donors (Lipinski definition) is 1. The third kappa shape index (κ3) is 3.96. The lowest BCUT2D eigenvalue weighted by molar-refractivity contribution is -0.111. The second-order valence-corrected chi connectivity index (χ2v) is 10.0. The van der Waals surface area contributed by atoms with E-state index in [1.807, 2.05) is 17.5 Å². The molecule has 1 aliphatic heterocycles. The average Bonchev–Trinajstić information content (AvgIpc) is 3.39. The number of benzene rings is 1. The Balaban J connectivity index is 1.53. The zero-order valence-electron chi connectivity index (χ0n) is 14.3. The summed E-state index contributed by atoms with van der Waals surface area (Å²) in [4.78, 5) is 17.7. The lowest BCUT2D eigenvalue weighted by Crippen LogP contribution is -2.27. The van der Waals surface area contributed by atoms with Gasteiger partial charge in [0.2, 0.25) is 15.9 Å². The number of thiazole rings is 1. The smallest absolute Gasteiger partial charge is 0.250 e. The van der Waals surface area contributed by atoms with Crippen molar-refractivity contribution in [3.8, 4) is 0 Å². The SMILES string of the molecule is O=C(/C=C/c1cccs1)Nc1nc2ccc(S(=O)(=O)N3CCCC3)cc2s1. The van der Waals surface area contributed by atoms with Crippen molar-refractivity contribution in [2.75, 3.05) is 18.4 Å². The second-order valence-electron chi connectivity index (χ2n) is 6.10. The molecule has 1 fully saturated rings. The van der Waals surface area contributed by atoms with Gasteiger partial charge < -0.3 is 0 Å². The molecule has 27 heavy (non-hydrogen) atoms. The largest absolute Gasteiger partial charge is 0.298 e. The van der Waals surface area contributed by atoms with E-state index >= 15 is 0 Å². The number of thiophene rings is 1. The van der Waals surface area contributed by atoms with Gasteiger partial charge in [-0.15, -0.1) is 11.3 Å². The predicted molar refractivity (Wildman–Crippen MR) is 110 cm³/mol. The van der Waals surface area contributed by atoms with Gasteiger partial charge in [-0.1, -0.05) is 17.4 Å². The minimum Gasteiger partial charge on any atom is -0.298 e. The summed E-state index contributed by atoms with van der Waals surface area (Å²) < 4.78 is 27.6. The van der Waals surface area contributed by atoms with Crippen LogP contribution in [-0.4, -0.2) is 36.7 Å². The standard InChI is InChI=1S/C18H17N3O3S3/c22-17(8-5-13-4-3-11-25-13)20-18-19-15-7-6-14(12-16(15)26-18)27(23,24)21-9-1-2-10-21/h3-8,11-12H,1-2,9-10H2,(H,19,20,22)/b8-5+. The van der Waals surface area contributed by atoms with Crippen LogP contribution < -0.4 is 5.32 Å². The van der Waals surface area contributed by atoms with Crippen molar-refractivity contribution in [1.29, 1.82) is 0 Å². The monoisotopic (exact) mass is 419 g/mol. The van der Waals surface area contributed by atoms with Gasteiger partial charge in [0.25, 0.3) is 0 Å². The highest BCUT2D eigenvalue weighted by Gasteiger charge is 2.27. The summed E-state index contributed by atoms with van der Waals surface area (Å²) >= 11 is 2.81. The summed E-state index contributed by atoms with van der Waals surface area (Å²) in [5.74, 6) is -0.271. The van der Waals surface area contributed by atoms with Crippen molar-refractivity contribution in [3.63, 3.8) is 0 Å². The van der Waals surface area contributed by atoms with Gasteiger partial charge in [0.05, 0.1) is 15.1 Å². The fraction of sp³-hybridized carbons (Fsp3) is 0.222. The van der Waals surface area contributed by atoms with Crippen LogP contribution in [0, 0.1) is 0 Å². The molecule has 0 aliphatic carbocycles. The number of carbonyl (C=O) groups is 1. The minimum absolute atomic E-state index is 0.271. The fourth-order valence-electron chi connectivity index (χ4n) is 2.89. The second kappa shape index (κ2) is 7.51. The normalized spacial score (nSPS) is 15.7. The molecule has 1 N–H and O–H groups in total. The first-order chi connectivity index (χ1) is 13.0. The van der Waals surface area contributed by atoms with Crippen LogP contribution in [-0.2, 0) is 14.8 Å². The van der Waals surface area contributed by atoms with E-state index in [2.05, 4.69) is 10.3 Å². The summed E-state index contributed by atoms with van der Waals surface area (Å²) in [7, 11) is -3.46. The summed E-state index contributed by atoms with van der Waals surface area (Å²) in [6.07, 6.45) is 5.00. The van der Waals surface area contributed by atoms with Crippen molar-refractivity contribution >= 4 is 60.0 Å². The maximum atomic E-state index is 12.7. The van der Waals surface area contributed by atoms with Crippen LogP contribution in [0.2, 0.25) is 0 Å². The molecule has 3 aromatic rings. The number of nitrogens with one attached hydrogen (secondary N) is 1. The molecule has 0 unspecified atom stereocenters. The van der Waals surface area contributed by atoms with Crippen molar-refractivity contribution in [2.24, 2.45) is 0 Å². The molecule has 1 saturated heterocycles. The van der Waals surface area contributed by atoms with E-state index in [0.29, 0.717) is 23.7 Å². The van der Waals surface area contributed by atoms with Gasteiger partial charge in [-0.05, 0) is 48.6 Å². The van der Waals surface area contributed by atoms with Gasteiger partial charge in [0.15, 0.2) is 5.13 Å². The van der Waals surface area contributed by atoms with Gasteiger partial charge in [-0.25, -0.2) is 13.4 Å². The first kappa shape index (κ1) is 18.3. The van der Waals surface area contributed by atoms with Crippen LogP contribution in [0.1, 0.15) is 17.7 Å². The molecule has 0 spiro atoms. The molecule has 4 rings (SSSR count). The van der Waals surface area contributed by atoms with Crippen molar-refractivity contribution in [3.05, 3.63) is 46.7 Å². The molecule has 0 bridgehead atoms. The third-order valence-electron chi connectivity index (χ3n) is 4.23. The van der Waals surface area contributed by atoms with Gasteiger partial charge in [0, 0.05) is 24.0 Å². The quantitative estimate of drug-likeness (QED) is 0.638. The number of anilines is 1. The number of aromatic nitrogens is 1. The number of fused-ring (bicyclic) bond motifs is 1. The molecule has 9 heteroatoms. The Morgan fingerprint density at radius 2 is 2.04 bits per heavy atom. The Bertz CT molecular complexity index is 1100. The fourth-order valence-corrected chi connectivity index (χ4v) is 6.03. The molecule has 0 atom stereocenters. The number of amides is 1. The molecular formula is C18H17N3O3S3. The number of sulfonamides is 1. The Morgan fingerprint density at radius 1 is 1.22 bits per heavy atom. The van der Waals surface area contributed by atoms with E-state index in [1.165, 1.54) is 21.7 Å². The van der Waals surface area contributed by atoms with Crippen LogP contribution in [0.15, 0.2) is 46.7 Å². The minimum atomic E-state index is -3.46. The molecule has 0 radical (unpaired) electrons. The lowest BCUT2D eigenvalue weighted by atomic mass is 10.3. The van der Waals surface area contributed by atoms with E-state index in [0.717, 1.165) is 22.4 Å². The van der Waals surface area contributed by atoms with E-state index in [-0.39, 0.29) is 10.8 Å². The first-order valence-electron chi connectivity index (χ1n) is 8.46. The maximum Gasteiger partial charge on any atom is 0.250 e. The highest BCUT2D eigenvalue weighted by molar-refractivity contribution is 7.89. The first-order valence-corrected chi connectivity index (χ1v) is 11.6. The lowest BCUT2D eigenvalue weighted by Gasteiger charge is -2.15. The zero-order chi connectivity index (χ0) is 18.9. The Morgan fingerprint density at radius 3 is 2.78 bits per heavy atom.